The third kappa shape index (κ3) is 4.01. The van der Waals surface area contributed by atoms with Crippen LogP contribution in [0.15, 0.2) is 48.5 Å². The highest BCUT2D eigenvalue weighted by atomic mass is 35.5. The summed E-state index contributed by atoms with van der Waals surface area (Å²) in [5.41, 5.74) is 2.24. The first kappa shape index (κ1) is 21.3. The summed E-state index contributed by atoms with van der Waals surface area (Å²) in [6, 6.07) is 16.2. The number of carbonyl (C=O) groups excluding carboxylic acids is 1. The molecule has 5 rings (SSSR count). The zero-order chi connectivity index (χ0) is 19.8. The number of likely N-dealkylation sites (tertiary alicyclic amines) is 1. The highest BCUT2D eigenvalue weighted by molar-refractivity contribution is 8.02. The van der Waals surface area contributed by atoms with Crippen LogP contribution in [-0.4, -0.2) is 53.8 Å². The summed E-state index contributed by atoms with van der Waals surface area (Å²) in [5, 5.41) is 0. The van der Waals surface area contributed by atoms with Gasteiger partial charge in [-0.2, -0.15) is 0 Å². The van der Waals surface area contributed by atoms with Crippen LogP contribution >= 0.6 is 24.2 Å². The summed E-state index contributed by atoms with van der Waals surface area (Å²) < 4.78 is 12.0. The maximum absolute atomic E-state index is 12.7. The van der Waals surface area contributed by atoms with Crippen molar-refractivity contribution in [2.45, 2.75) is 30.7 Å². The lowest BCUT2D eigenvalue weighted by Crippen LogP contribution is -2.54. The van der Waals surface area contributed by atoms with Gasteiger partial charge in [0.2, 0.25) is 5.91 Å². The smallest absolute Gasteiger partial charge is 0.238 e. The lowest BCUT2D eigenvalue weighted by atomic mass is 10.0. The van der Waals surface area contributed by atoms with E-state index >= 15 is 0 Å². The molecule has 2 aromatic rings. The SMILES string of the molecule is Cc1ccc(N2C(=O)CSC23CCN(CC2COc4ccccc4O2)CC3)cc1.Cl. The third-order valence-corrected chi connectivity index (χ3v) is 7.60. The first-order chi connectivity index (χ1) is 14.1. The van der Waals surface area contributed by atoms with E-state index in [1.807, 2.05) is 36.0 Å². The van der Waals surface area contributed by atoms with E-state index in [0.717, 1.165) is 49.7 Å². The van der Waals surface area contributed by atoms with Gasteiger partial charge in [0.15, 0.2) is 11.5 Å². The Balaban J connectivity index is 0.00000218. The lowest BCUT2D eigenvalue weighted by Gasteiger charge is -2.44. The zero-order valence-electron chi connectivity index (χ0n) is 17.1. The number of carbonyl (C=O) groups is 1. The maximum atomic E-state index is 12.7. The molecule has 0 aromatic heterocycles. The van der Waals surface area contributed by atoms with Gasteiger partial charge in [-0.05, 0) is 44.0 Å². The quantitative estimate of drug-likeness (QED) is 0.709. The van der Waals surface area contributed by atoms with E-state index in [1.54, 1.807) is 0 Å². The molecule has 1 atom stereocenters. The van der Waals surface area contributed by atoms with Gasteiger partial charge >= 0.3 is 0 Å². The van der Waals surface area contributed by atoms with E-state index < -0.39 is 0 Å². The predicted molar refractivity (Wildman–Crippen MR) is 123 cm³/mol. The minimum absolute atomic E-state index is 0. The number of fused-ring (bicyclic) bond motifs is 1. The molecule has 3 heterocycles. The van der Waals surface area contributed by atoms with Gasteiger partial charge in [0, 0.05) is 25.3 Å². The van der Waals surface area contributed by atoms with Gasteiger partial charge in [-0.15, -0.1) is 24.2 Å². The van der Waals surface area contributed by atoms with Crippen molar-refractivity contribution in [1.29, 1.82) is 0 Å². The van der Waals surface area contributed by atoms with Crippen LogP contribution < -0.4 is 14.4 Å². The second-order valence-electron chi connectivity index (χ2n) is 8.10. The first-order valence-electron chi connectivity index (χ1n) is 10.3. The summed E-state index contributed by atoms with van der Waals surface area (Å²) in [6.07, 6.45) is 1.99. The molecule has 30 heavy (non-hydrogen) atoms. The Hall–Kier alpha value is -1.89. The van der Waals surface area contributed by atoms with Gasteiger partial charge in [0.1, 0.15) is 12.7 Å². The Kier molecular flexibility index (Phi) is 6.19. The minimum Gasteiger partial charge on any atom is -0.486 e. The fourth-order valence-electron chi connectivity index (χ4n) is 4.52. The average molecular weight is 447 g/mol. The van der Waals surface area contributed by atoms with Crippen LogP contribution in [0, 0.1) is 6.92 Å². The number of benzene rings is 2. The van der Waals surface area contributed by atoms with Gasteiger partial charge in [-0.25, -0.2) is 0 Å². The second kappa shape index (κ2) is 8.69. The number of amides is 1. The first-order valence-corrected chi connectivity index (χ1v) is 11.3. The largest absolute Gasteiger partial charge is 0.486 e. The number of nitrogens with zero attached hydrogens (tertiary/aromatic N) is 2. The molecule has 2 aromatic carbocycles. The Labute approximate surface area is 188 Å². The number of para-hydroxylation sites is 2. The fourth-order valence-corrected chi connectivity index (χ4v) is 5.85. The topological polar surface area (TPSA) is 42.0 Å². The molecular formula is C23H27ClN2O3S. The van der Waals surface area contributed by atoms with Gasteiger partial charge in [-0.1, -0.05) is 29.8 Å². The third-order valence-electron chi connectivity index (χ3n) is 6.08. The van der Waals surface area contributed by atoms with Crippen LogP contribution in [0.3, 0.4) is 0 Å². The van der Waals surface area contributed by atoms with Crippen molar-refractivity contribution in [2.75, 3.05) is 36.9 Å². The van der Waals surface area contributed by atoms with Crippen LogP contribution in [0.4, 0.5) is 5.69 Å². The van der Waals surface area contributed by atoms with E-state index in [-0.39, 0.29) is 29.3 Å². The molecule has 1 spiro atoms. The second-order valence-corrected chi connectivity index (χ2v) is 9.44. The Morgan fingerprint density at radius 2 is 1.77 bits per heavy atom. The molecule has 3 aliphatic heterocycles. The van der Waals surface area contributed by atoms with Crippen molar-refractivity contribution in [2.24, 2.45) is 0 Å². The fraction of sp³-hybridized carbons (Fsp3) is 0.435. The molecule has 5 nitrogen and oxygen atoms in total. The van der Waals surface area contributed by atoms with Crippen molar-refractivity contribution in [3.63, 3.8) is 0 Å². The molecule has 0 radical (unpaired) electrons. The Bertz CT molecular complexity index is 900. The van der Waals surface area contributed by atoms with E-state index in [4.69, 9.17) is 9.47 Å². The van der Waals surface area contributed by atoms with Gasteiger partial charge in [0.25, 0.3) is 0 Å². The summed E-state index contributed by atoms with van der Waals surface area (Å²) in [5.74, 6) is 2.47. The number of thioether (sulfide) groups is 1. The van der Waals surface area contributed by atoms with Crippen molar-refractivity contribution < 1.29 is 14.3 Å². The predicted octanol–water partition coefficient (Wildman–Crippen LogP) is 4.13. The Morgan fingerprint density at radius 3 is 2.50 bits per heavy atom. The van der Waals surface area contributed by atoms with Crippen molar-refractivity contribution in [3.05, 3.63) is 54.1 Å². The van der Waals surface area contributed by atoms with Gasteiger partial charge in [0.05, 0.1) is 10.6 Å². The number of hydrogen-bond acceptors (Lipinski definition) is 5. The van der Waals surface area contributed by atoms with E-state index in [9.17, 15) is 4.79 Å². The van der Waals surface area contributed by atoms with Gasteiger partial charge < -0.3 is 9.47 Å². The van der Waals surface area contributed by atoms with E-state index in [1.165, 1.54) is 5.56 Å². The average Bonchev–Trinajstić information content (AvgIpc) is 3.06. The molecule has 1 unspecified atom stereocenters. The summed E-state index contributed by atoms with van der Waals surface area (Å²) in [6.45, 7) is 5.44. The molecule has 0 bridgehead atoms. The van der Waals surface area contributed by atoms with Crippen molar-refractivity contribution >= 4 is 35.8 Å². The van der Waals surface area contributed by atoms with Crippen molar-refractivity contribution in [1.82, 2.24) is 4.90 Å². The van der Waals surface area contributed by atoms with Crippen LogP contribution in [-0.2, 0) is 4.79 Å². The molecule has 7 heteroatoms. The summed E-state index contributed by atoms with van der Waals surface area (Å²) >= 11 is 1.81. The van der Waals surface area contributed by atoms with E-state index in [0.29, 0.717) is 12.4 Å². The number of rotatable bonds is 3. The van der Waals surface area contributed by atoms with Crippen LogP contribution in [0.2, 0.25) is 0 Å². The normalized spacial score (nSPS) is 22.8. The molecule has 2 fully saturated rings. The molecule has 2 saturated heterocycles. The molecule has 160 valence electrons. The minimum atomic E-state index is -0.112. The number of anilines is 1. The highest BCUT2D eigenvalue weighted by Crippen LogP contribution is 2.46. The highest BCUT2D eigenvalue weighted by Gasteiger charge is 2.48. The molecule has 3 aliphatic rings. The van der Waals surface area contributed by atoms with E-state index in [2.05, 4.69) is 41.0 Å². The van der Waals surface area contributed by atoms with Crippen LogP contribution in [0.5, 0.6) is 11.5 Å². The van der Waals surface area contributed by atoms with Crippen molar-refractivity contribution in [3.8, 4) is 11.5 Å². The standard InChI is InChI=1S/C23H26N2O3S.ClH/c1-17-6-8-18(9-7-17)25-22(26)16-29-23(25)10-12-24(13-11-23)14-19-15-27-20-4-2-3-5-21(20)28-19;/h2-9,19H,10-16H2,1H3;1H. The number of ether oxygens (including phenoxy) is 2. The Morgan fingerprint density at radius 1 is 1.07 bits per heavy atom. The summed E-state index contributed by atoms with van der Waals surface area (Å²) in [4.78, 5) is 17.1. The monoisotopic (exact) mass is 446 g/mol. The zero-order valence-corrected chi connectivity index (χ0v) is 18.7. The lowest BCUT2D eigenvalue weighted by molar-refractivity contribution is -0.116. The van der Waals surface area contributed by atoms with Gasteiger partial charge in [-0.3, -0.25) is 14.6 Å². The molecule has 0 N–H and O–H groups in total. The molecule has 1 amide bonds. The number of piperidine rings is 1. The van der Waals surface area contributed by atoms with Crippen LogP contribution in [0.1, 0.15) is 18.4 Å². The number of halogens is 1. The summed E-state index contributed by atoms with van der Waals surface area (Å²) in [7, 11) is 0. The maximum Gasteiger partial charge on any atom is 0.238 e. The number of aryl methyl sites for hydroxylation is 1. The number of hydrogen-bond donors (Lipinski definition) is 0. The molecular weight excluding hydrogens is 420 g/mol. The van der Waals surface area contributed by atoms with Crippen LogP contribution in [0.25, 0.3) is 0 Å². The molecule has 0 saturated carbocycles. The molecule has 0 aliphatic carbocycles.